The van der Waals surface area contributed by atoms with Crippen molar-refractivity contribution < 1.29 is 24.5 Å². The van der Waals surface area contributed by atoms with Crippen molar-refractivity contribution in [1.29, 1.82) is 0 Å². The molecule has 2 amide bonds. The van der Waals surface area contributed by atoms with Crippen molar-refractivity contribution in [3.63, 3.8) is 0 Å². The number of anilines is 1. The molecule has 0 aliphatic carbocycles. The van der Waals surface area contributed by atoms with Crippen LogP contribution in [0.4, 0.5) is 10.5 Å². The molecule has 4 N–H and O–H groups in total. The summed E-state index contributed by atoms with van der Waals surface area (Å²) in [6.45, 7) is 6.53. The zero-order valence-corrected chi connectivity index (χ0v) is 11.7. The van der Waals surface area contributed by atoms with Gasteiger partial charge in [-0.3, -0.25) is 0 Å². The Bertz CT molecular complexity index is 542. The number of carboxylic acids is 1. The van der Waals surface area contributed by atoms with Gasteiger partial charge in [-0.05, 0) is 25.1 Å². The van der Waals surface area contributed by atoms with E-state index in [2.05, 4.69) is 17.2 Å². The minimum absolute atomic E-state index is 0.0978. The number of phenols is 1. The van der Waals surface area contributed by atoms with E-state index >= 15 is 0 Å². The predicted octanol–water partition coefficient (Wildman–Crippen LogP) is 1.80. The number of hydrogen-bond donors (Lipinski definition) is 4. The second-order valence-corrected chi connectivity index (χ2v) is 4.43. The molecule has 114 valence electrons. The summed E-state index contributed by atoms with van der Waals surface area (Å²) in [5.74, 6) is -1.43. The van der Waals surface area contributed by atoms with Crippen LogP contribution in [-0.4, -0.2) is 42.0 Å². The molecule has 0 radical (unpaired) electrons. The number of urea groups is 1. The summed E-state index contributed by atoms with van der Waals surface area (Å²) in [5.41, 5.74) is 0.791. The third-order valence-electron chi connectivity index (χ3n) is 2.36. The van der Waals surface area contributed by atoms with Crippen LogP contribution in [0.1, 0.15) is 17.3 Å². The number of nitrogens with one attached hydrogen (secondary N) is 2. The lowest BCUT2D eigenvalue weighted by Gasteiger charge is -2.10. The summed E-state index contributed by atoms with van der Waals surface area (Å²) >= 11 is 0. The fourth-order valence-electron chi connectivity index (χ4n) is 1.47. The van der Waals surface area contributed by atoms with E-state index in [4.69, 9.17) is 9.84 Å². The third kappa shape index (κ3) is 5.96. The van der Waals surface area contributed by atoms with E-state index in [9.17, 15) is 14.7 Å². The topological polar surface area (TPSA) is 108 Å². The number of carboxylic acid groups (broad SMARTS) is 1. The number of ether oxygens (including phenoxy) is 1. The molecule has 0 fully saturated rings. The average Bonchev–Trinajstić information content (AvgIpc) is 2.39. The van der Waals surface area contributed by atoms with Gasteiger partial charge >= 0.3 is 12.0 Å². The largest absolute Gasteiger partial charge is 0.508 e. The fourth-order valence-corrected chi connectivity index (χ4v) is 1.47. The maximum atomic E-state index is 11.6. The van der Waals surface area contributed by atoms with Gasteiger partial charge in [-0.15, -0.1) is 0 Å². The standard InChI is InChI=1S/C14H18N2O5/c1-9(2)8-21-6-5-15-14(20)16-12-4-3-10(17)7-11(12)13(18)19/h3-4,7,17H,1,5-6,8H2,2H3,(H,18,19)(H2,15,16,20). The van der Waals surface area contributed by atoms with E-state index in [1.54, 1.807) is 0 Å². The molecule has 21 heavy (non-hydrogen) atoms. The van der Waals surface area contributed by atoms with Crippen molar-refractivity contribution in [1.82, 2.24) is 5.32 Å². The molecule has 0 aliphatic heterocycles. The number of carbonyl (C=O) groups is 2. The lowest BCUT2D eigenvalue weighted by Crippen LogP contribution is -2.32. The molecule has 0 saturated carbocycles. The first-order chi connectivity index (χ1) is 9.90. The Morgan fingerprint density at radius 3 is 2.71 bits per heavy atom. The van der Waals surface area contributed by atoms with Crippen molar-refractivity contribution in [2.24, 2.45) is 0 Å². The maximum absolute atomic E-state index is 11.6. The molecule has 7 nitrogen and oxygen atoms in total. The number of phenolic OH excluding ortho intramolecular Hbond substituents is 1. The van der Waals surface area contributed by atoms with Crippen molar-refractivity contribution in [3.8, 4) is 5.75 Å². The van der Waals surface area contributed by atoms with Gasteiger partial charge in [-0.1, -0.05) is 12.2 Å². The summed E-state index contributed by atoms with van der Waals surface area (Å²) in [6, 6.07) is 3.11. The predicted molar refractivity (Wildman–Crippen MR) is 77.7 cm³/mol. The van der Waals surface area contributed by atoms with Crippen molar-refractivity contribution in [3.05, 3.63) is 35.9 Å². The number of aromatic hydroxyl groups is 1. The Morgan fingerprint density at radius 1 is 1.38 bits per heavy atom. The molecule has 0 spiro atoms. The minimum Gasteiger partial charge on any atom is -0.508 e. The number of benzene rings is 1. The van der Waals surface area contributed by atoms with Crippen LogP contribution < -0.4 is 10.6 Å². The third-order valence-corrected chi connectivity index (χ3v) is 2.36. The van der Waals surface area contributed by atoms with Crippen LogP contribution in [0, 0.1) is 0 Å². The second kappa shape index (κ2) is 7.91. The Labute approximate surface area is 122 Å². The van der Waals surface area contributed by atoms with Gasteiger partial charge in [-0.25, -0.2) is 9.59 Å². The number of aromatic carboxylic acids is 1. The number of carbonyl (C=O) groups excluding carboxylic acids is 1. The molecular weight excluding hydrogens is 276 g/mol. The first-order valence-electron chi connectivity index (χ1n) is 6.23. The summed E-state index contributed by atoms with van der Waals surface area (Å²) in [6.07, 6.45) is 0. The summed E-state index contributed by atoms with van der Waals surface area (Å²) in [4.78, 5) is 22.6. The number of hydrogen-bond acceptors (Lipinski definition) is 4. The van der Waals surface area contributed by atoms with Crippen molar-refractivity contribution in [2.75, 3.05) is 25.1 Å². The molecule has 1 aromatic carbocycles. The van der Waals surface area contributed by atoms with Crippen molar-refractivity contribution in [2.45, 2.75) is 6.92 Å². The molecule has 0 bridgehead atoms. The van der Waals surface area contributed by atoms with E-state index in [0.29, 0.717) is 13.2 Å². The SMILES string of the molecule is C=C(C)COCCNC(=O)Nc1ccc(O)cc1C(=O)O. The fraction of sp³-hybridized carbons (Fsp3) is 0.286. The van der Waals surface area contributed by atoms with Gasteiger partial charge in [0.2, 0.25) is 0 Å². The Morgan fingerprint density at radius 2 is 2.10 bits per heavy atom. The Kier molecular flexibility index (Phi) is 6.22. The molecule has 1 aromatic rings. The van der Waals surface area contributed by atoms with Crippen LogP contribution in [-0.2, 0) is 4.74 Å². The van der Waals surface area contributed by atoms with Gasteiger partial charge in [0.1, 0.15) is 5.75 Å². The second-order valence-electron chi connectivity index (χ2n) is 4.43. The summed E-state index contributed by atoms with van der Waals surface area (Å²) in [5, 5.41) is 23.2. The van der Waals surface area contributed by atoms with E-state index in [1.807, 2.05) is 6.92 Å². The van der Waals surface area contributed by atoms with Gasteiger partial charge in [0.15, 0.2) is 0 Å². The monoisotopic (exact) mass is 294 g/mol. The highest BCUT2D eigenvalue weighted by Gasteiger charge is 2.13. The number of rotatable bonds is 7. The van der Waals surface area contributed by atoms with Gasteiger partial charge in [-0.2, -0.15) is 0 Å². The normalized spacial score (nSPS) is 9.95. The van der Waals surface area contributed by atoms with Crippen molar-refractivity contribution >= 4 is 17.7 Å². The molecule has 7 heteroatoms. The first kappa shape index (κ1) is 16.5. The average molecular weight is 294 g/mol. The Balaban J connectivity index is 2.48. The van der Waals surface area contributed by atoms with Crippen LogP contribution in [0.25, 0.3) is 0 Å². The zero-order valence-electron chi connectivity index (χ0n) is 11.7. The van der Waals surface area contributed by atoms with Crippen LogP contribution in [0.2, 0.25) is 0 Å². The van der Waals surface area contributed by atoms with E-state index < -0.39 is 12.0 Å². The lowest BCUT2D eigenvalue weighted by atomic mass is 10.1. The van der Waals surface area contributed by atoms with E-state index in [0.717, 1.165) is 11.6 Å². The van der Waals surface area contributed by atoms with E-state index in [1.165, 1.54) is 12.1 Å². The van der Waals surface area contributed by atoms with Gasteiger partial charge in [0.05, 0.1) is 24.5 Å². The highest BCUT2D eigenvalue weighted by molar-refractivity contribution is 6.00. The van der Waals surface area contributed by atoms with Gasteiger partial charge in [0, 0.05) is 6.54 Å². The van der Waals surface area contributed by atoms with Gasteiger partial charge in [0.25, 0.3) is 0 Å². The van der Waals surface area contributed by atoms with E-state index in [-0.39, 0.29) is 23.5 Å². The molecule has 0 unspecified atom stereocenters. The molecular formula is C14H18N2O5. The summed E-state index contributed by atoms with van der Waals surface area (Å²) < 4.78 is 5.20. The Hall–Kier alpha value is -2.54. The van der Waals surface area contributed by atoms with Crippen LogP contribution in [0.5, 0.6) is 5.75 Å². The highest BCUT2D eigenvalue weighted by atomic mass is 16.5. The molecule has 1 rings (SSSR count). The molecule has 0 atom stereocenters. The maximum Gasteiger partial charge on any atom is 0.337 e. The molecule has 0 heterocycles. The quantitative estimate of drug-likeness (QED) is 0.348. The summed E-state index contributed by atoms with van der Waals surface area (Å²) in [7, 11) is 0. The smallest absolute Gasteiger partial charge is 0.337 e. The van der Waals surface area contributed by atoms with Gasteiger partial charge < -0.3 is 25.6 Å². The molecule has 0 saturated heterocycles. The van der Waals surface area contributed by atoms with Crippen LogP contribution in [0.15, 0.2) is 30.4 Å². The van der Waals surface area contributed by atoms with Crippen LogP contribution >= 0.6 is 0 Å². The zero-order chi connectivity index (χ0) is 15.8. The van der Waals surface area contributed by atoms with Crippen LogP contribution in [0.3, 0.4) is 0 Å². The molecule has 0 aliphatic rings. The molecule has 0 aromatic heterocycles. The highest BCUT2D eigenvalue weighted by Crippen LogP contribution is 2.21. The lowest BCUT2D eigenvalue weighted by molar-refractivity contribution is 0.0697. The minimum atomic E-state index is -1.24. The number of amides is 2. The first-order valence-corrected chi connectivity index (χ1v) is 6.23.